The van der Waals surface area contributed by atoms with Gasteiger partial charge in [0.15, 0.2) is 0 Å². The smallest absolute Gasteiger partial charge is 0.123 e. The Morgan fingerprint density at radius 1 is 1.20 bits per heavy atom. The summed E-state index contributed by atoms with van der Waals surface area (Å²) in [5.74, 6) is -0.228. The van der Waals surface area contributed by atoms with Gasteiger partial charge in [-0.2, -0.15) is 0 Å². The quantitative estimate of drug-likeness (QED) is 0.727. The zero-order chi connectivity index (χ0) is 15.0. The van der Waals surface area contributed by atoms with Gasteiger partial charge in [0.25, 0.3) is 0 Å². The average molecular weight is 282 g/mol. The number of aliphatic hydroxyl groups is 1. The Hall–Kier alpha value is -0.970. The van der Waals surface area contributed by atoms with E-state index in [2.05, 4.69) is 24.1 Å². The molecule has 1 aromatic rings. The minimum atomic E-state index is -0.370. The molecule has 114 valence electrons. The van der Waals surface area contributed by atoms with Gasteiger partial charge in [-0.05, 0) is 44.1 Å². The van der Waals surface area contributed by atoms with E-state index in [1.54, 1.807) is 12.1 Å². The van der Waals surface area contributed by atoms with Gasteiger partial charge in [0, 0.05) is 18.6 Å². The summed E-state index contributed by atoms with van der Waals surface area (Å²) in [6.45, 7) is 10.2. The normalized spacial score (nSPS) is 14.5. The molecule has 1 unspecified atom stereocenters. The molecule has 0 saturated heterocycles. The molecular weight excluding hydrogens is 255 g/mol. The third-order valence-electron chi connectivity index (χ3n) is 3.73. The Balaban J connectivity index is 2.51. The molecule has 1 atom stereocenters. The molecule has 0 bridgehead atoms. The van der Waals surface area contributed by atoms with E-state index >= 15 is 0 Å². The van der Waals surface area contributed by atoms with Crippen LogP contribution >= 0.6 is 0 Å². The number of halogens is 1. The van der Waals surface area contributed by atoms with E-state index < -0.39 is 0 Å². The predicted molar refractivity (Wildman–Crippen MR) is 81.4 cm³/mol. The highest BCUT2D eigenvalue weighted by Crippen LogP contribution is 2.13. The van der Waals surface area contributed by atoms with Gasteiger partial charge in [0.05, 0.1) is 6.61 Å². The van der Waals surface area contributed by atoms with Crippen molar-refractivity contribution in [2.24, 2.45) is 0 Å². The zero-order valence-corrected chi connectivity index (χ0v) is 12.8. The predicted octanol–water partition coefficient (Wildman–Crippen LogP) is 2.05. The second-order valence-electron chi connectivity index (χ2n) is 5.48. The van der Waals surface area contributed by atoms with Crippen molar-refractivity contribution in [3.8, 4) is 0 Å². The molecule has 0 amide bonds. The van der Waals surface area contributed by atoms with Gasteiger partial charge >= 0.3 is 0 Å². The lowest BCUT2D eigenvalue weighted by Gasteiger charge is -2.30. The second-order valence-corrected chi connectivity index (χ2v) is 5.48. The molecule has 3 nitrogen and oxygen atoms in total. The Kier molecular flexibility index (Phi) is 7.13. The van der Waals surface area contributed by atoms with E-state index in [1.165, 1.54) is 12.1 Å². The maximum Gasteiger partial charge on any atom is 0.123 e. The van der Waals surface area contributed by atoms with Crippen LogP contribution in [0.1, 0.15) is 26.3 Å². The Morgan fingerprint density at radius 3 is 2.30 bits per heavy atom. The molecule has 0 spiro atoms. The summed E-state index contributed by atoms with van der Waals surface area (Å²) in [6.07, 6.45) is 0.683. The van der Waals surface area contributed by atoms with Crippen LogP contribution in [0, 0.1) is 5.82 Å². The monoisotopic (exact) mass is 282 g/mol. The van der Waals surface area contributed by atoms with Gasteiger partial charge in [-0.1, -0.05) is 26.0 Å². The third-order valence-corrected chi connectivity index (χ3v) is 3.73. The SMILES string of the molecule is CCN(CC)CCNC(C)(CO)Cc1ccc(F)cc1. The zero-order valence-electron chi connectivity index (χ0n) is 12.8. The largest absolute Gasteiger partial charge is 0.394 e. The molecule has 1 rings (SSSR count). The van der Waals surface area contributed by atoms with E-state index in [0.717, 1.165) is 31.7 Å². The fourth-order valence-electron chi connectivity index (χ4n) is 2.28. The number of nitrogens with zero attached hydrogens (tertiary/aromatic N) is 1. The van der Waals surface area contributed by atoms with E-state index in [4.69, 9.17) is 0 Å². The minimum absolute atomic E-state index is 0.0582. The maximum absolute atomic E-state index is 12.9. The van der Waals surface area contributed by atoms with Crippen molar-refractivity contribution in [3.63, 3.8) is 0 Å². The van der Waals surface area contributed by atoms with Crippen LogP contribution < -0.4 is 5.32 Å². The summed E-state index contributed by atoms with van der Waals surface area (Å²) in [5.41, 5.74) is 0.656. The lowest BCUT2D eigenvalue weighted by molar-refractivity contribution is 0.167. The maximum atomic E-state index is 12.9. The molecule has 1 aromatic carbocycles. The summed E-state index contributed by atoms with van der Waals surface area (Å²) in [4.78, 5) is 2.34. The minimum Gasteiger partial charge on any atom is -0.394 e. The van der Waals surface area contributed by atoms with Crippen LogP contribution in [0.4, 0.5) is 4.39 Å². The molecule has 2 N–H and O–H groups in total. The van der Waals surface area contributed by atoms with Gasteiger partial charge in [-0.25, -0.2) is 4.39 Å². The molecule has 4 heteroatoms. The third kappa shape index (κ3) is 5.57. The van der Waals surface area contributed by atoms with Crippen LogP contribution in [-0.4, -0.2) is 48.3 Å². The Labute approximate surface area is 121 Å². The first-order chi connectivity index (χ1) is 9.53. The fourth-order valence-corrected chi connectivity index (χ4v) is 2.28. The first kappa shape index (κ1) is 17.1. The van der Waals surface area contributed by atoms with Gasteiger partial charge in [-0.3, -0.25) is 0 Å². The molecule has 0 aromatic heterocycles. The van der Waals surface area contributed by atoms with Gasteiger partial charge in [0.2, 0.25) is 0 Å². The lowest BCUT2D eigenvalue weighted by Crippen LogP contribution is -2.50. The molecular formula is C16H27FN2O. The van der Waals surface area contributed by atoms with Crippen LogP contribution in [0.3, 0.4) is 0 Å². The molecule has 0 saturated carbocycles. The Morgan fingerprint density at radius 2 is 1.80 bits per heavy atom. The lowest BCUT2D eigenvalue weighted by atomic mass is 9.93. The highest BCUT2D eigenvalue weighted by molar-refractivity contribution is 5.18. The fraction of sp³-hybridized carbons (Fsp3) is 0.625. The average Bonchev–Trinajstić information content (AvgIpc) is 2.46. The summed E-state index contributed by atoms with van der Waals surface area (Å²) < 4.78 is 12.9. The van der Waals surface area contributed by atoms with Gasteiger partial charge in [-0.15, -0.1) is 0 Å². The van der Waals surface area contributed by atoms with Crippen molar-refractivity contribution in [2.45, 2.75) is 32.7 Å². The highest BCUT2D eigenvalue weighted by Gasteiger charge is 2.23. The molecule has 20 heavy (non-hydrogen) atoms. The van der Waals surface area contributed by atoms with Crippen LogP contribution in [0.25, 0.3) is 0 Å². The molecule has 0 aliphatic rings. The summed E-state index contributed by atoms with van der Waals surface area (Å²) in [6, 6.07) is 6.47. The first-order valence-electron chi connectivity index (χ1n) is 7.35. The first-order valence-corrected chi connectivity index (χ1v) is 7.35. The number of nitrogens with one attached hydrogen (secondary N) is 1. The second kappa shape index (κ2) is 8.35. The molecule has 0 heterocycles. The van der Waals surface area contributed by atoms with E-state index in [9.17, 15) is 9.50 Å². The van der Waals surface area contributed by atoms with Crippen LogP contribution in [0.2, 0.25) is 0 Å². The van der Waals surface area contributed by atoms with Crippen LogP contribution in [0.15, 0.2) is 24.3 Å². The summed E-state index contributed by atoms with van der Waals surface area (Å²) in [5, 5.41) is 13.1. The molecule has 0 radical (unpaired) electrons. The number of benzene rings is 1. The topological polar surface area (TPSA) is 35.5 Å². The van der Waals surface area contributed by atoms with E-state index in [1.807, 2.05) is 6.92 Å². The van der Waals surface area contributed by atoms with Gasteiger partial charge in [0.1, 0.15) is 5.82 Å². The van der Waals surface area contributed by atoms with Crippen molar-refractivity contribution >= 4 is 0 Å². The van der Waals surface area contributed by atoms with Gasteiger partial charge < -0.3 is 15.3 Å². The summed E-state index contributed by atoms with van der Waals surface area (Å²) >= 11 is 0. The van der Waals surface area contributed by atoms with Crippen molar-refractivity contribution in [1.29, 1.82) is 0 Å². The number of hydrogen-bond acceptors (Lipinski definition) is 3. The van der Waals surface area contributed by atoms with Crippen molar-refractivity contribution < 1.29 is 9.50 Å². The standard InChI is InChI=1S/C16H27FN2O/c1-4-19(5-2)11-10-18-16(3,13-20)12-14-6-8-15(17)9-7-14/h6-9,18,20H,4-5,10-13H2,1-3H3. The Bertz CT molecular complexity index is 379. The number of rotatable bonds is 9. The van der Waals surface area contributed by atoms with Crippen molar-refractivity contribution in [1.82, 2.24) is 10.2 Å². The molecule has 0 aliphatic carbocycles. The van der Waals surface area contributed by atoms with Crippen LogP contribution in [-0.2, 0) is 6.42 Å². The number of hydrogen-bond donors (Lipinski definition) is 2. The van der Waals surface area contributed by atoms with Crippen LogP contribution in [0.5, 0.6) is 0 Å². The molecule has 0 fully saturated rings. The number of likely N-dealkylation sites (N-methyl/N-ethyl adjacent to an activating group) is 1. The number of aliphatic hydroxyl groups excluding tert-OH is 1. The van der Waals surface area contributed by atoms with E-state index in [0.29, 0.717) is 6.42 Å². The molecule has 0 aliphatic heterocycles. The van der Waals surface area contributed by atoms with E-state index in [-0.39, 0.29) is 18.0 Å². The van der Waals surface area contributed by atoms with Crippen molar-refractivity contribution in [2.75, 3.05) is 32.8 Å². The highest BCUT2D eigenvalue weighted by atomic mass is 19.1. The summed E-state index contributed by atoms with van der Waals surface area (Å²) in [7, 11) is 0. The van der Waals surface area contributed by atoms with Crippen molar-refractivity contribution in [3.05, 3.63) is 35.6 Å².